The molecule has 4 rings (SSSR count). The third kappa shape index (κ3) is 5.12. The van der Waals surface area contributed by atoms with Crippen LogP contribution in [0.25, 0.3) is 0 Å². The normalized spacial score (nSPS) is 14.5. The average molecular weight is 433 g/mol. The average Bonchev–Trinajstić information content (AvgIpc) is 2.84. The molecule has 32 heavy (non-hydrogen) atoms. The fraction of sp³-hybridized carbons (Fsp3) is 0.200. The number of hydrogen-bond donors (Lipinski definition) is 2. The molecule has 0 aromatic heterocycles. The molecule has 2 N–H and O–H groups in total. The fourth-order valence-corrected chi connectivity index (χ4v) is 3.61. The quantitative estimate of drug-likeness (QED) is 0.621. The van der Waals surface area contributed by atoms with E-state index in [9.17, 15) is 14.0 Å². The number of rotatable bonds is 6. The van der Waals surface area contributed by atoms with Gasteiger partial charge in [-0.2, -0.15) is 0 Å². The summed E-state index contributed by atoms with van der Waals surface area (Å²) in [4.78, 5) is 27.7. The summed E-state index contributed by atoms with van der Waals surface area (Å²) in [5.41, 5.74) is 1.87. The van der Waals surface area contributed by atoms with Gasteiger partial charge in [0.05, 0.1) is 18.9 Å². The summed E-state index contributed by atoms with van der Waals surface area (Å²) in [7, 11) is 0. The van der Waals surface area contributed by atoms with E-state index in [0.29, 0.717) is 48.8 Å². The predicted octanol–water partition coefficient (Wildman–Crippen LogP) is 3.77. The smallest absolute Gasteiger partial charge is 0.252 e. The van der Waals surface area contributed by atoms with Crippen molar-refractivity contribution < 1.29 is 18.7 Å². The van der Waals surface area contributed by atoms with Gasteiger partial charge in [0.25, 0.3) is 11.8 Å². The van der Waals surface area contributed by atoms with Gasteiger partial charge in [0.1, 0.15) is 11.9 Å². The van der Waals surface area contributed by atoms with E-state index in [-0.39, 0.29) is 5.91 Å². The minimum atomic E-state index is -0.939. The van der Waals surface area contributed by atoms with Crippen LogP contribution in [0.5, 0.6) is 0 Å². The molecule has 1 aliphatic rings. The Bertz CT molecular complexity index is 1070. The summed E-state index contributed by atoms with van der Waals surface area (Å²) in [6.45, 7) is 2.34. The molecule has 7 heteroatoms. The van der Waals surface area contributed by atoms with E-state index in [1.54, 1.807) is 60.7 Å². The molecule has 2 amide bonds. The van der Waals surface area contributed by atoms with Crippen molar-refractivity contribution in [1.29, 1.82) is 0 Å². The van der Waals surface area contributed by atoms with E-state index < -0.39 is 17.8 Å². The van der Waals surface area contributed by atoms with Crippen molar-refractivity contribution in [3.63, 3.8) is 0 Å². The standard InChI is InChI=1S/C25H24FN3O3/c26-21-17-20(11-12-22(21)29-13-15-32-16-14-29)27-25(31)23(18-7-3-1-4-8-18)28-24(30)19-9-5-2-6-10-19/h1-12,17,23H,13-16H2,(H,27,31)(H,28,30). The number of ether oxygens (including phenoxy) is 1. The van der Waals surface area contributed by atoms with Crippen LogP contribution in [0.4, 0.5) is 15.8 Å². The van der Waals surface area contributed by atoms with Crippen molar-refractivity contribution in [2.24, 2.45) is 0 Å². The monoisotopic (exact) mass is 433 g/mol. The van der Waals surface area contributed by atoms with Crippen LogP contribution in [-0.2, 0) is 9.53 Å². The van der Waals surface area contributed by atoms with Crippen molar-refractivity contribution in [2.75, 3.05) is 36.5 Å². The molecule has 1 aliphatic heterocycles. The van der Waals surface area contributed by atoms with E-state index >= 15 is 0 Å². The molecule has 164 valence electrons. The second-order valence-electron chi connectivity index (χ2n) is 7.44. The molecule has 1 atom stereocenters. The van der Waals surface area contributed by atoms with E-state index in [0.717, 1.165) is 0 Å². The third-order valence-electron chi connectivity index (χ3n) is 5.27. The molecule has 6 nitrogen and oxygen atoms in total. The number of carbonyl (C=O) groups is 2. The summed E-state index contributed by atoms with van der Waals surface area (Å²) in [5, 5.41) is 5.51. The van der Waals surface area contributed by atoms with Gasteiger partial charge in [-0.1, -0.05) is 48.5 Å². The molecule has 1 unspecified atom stereocenters. The number of anilines is 2. The number of nitrogens with one attached hydrogen (secondary N) is 2. The first kappa shape index (κ1) is 21.5. The number of nitrogens with zero attached hydrogens (tertiary/aromatic N) is 1. The van der Waals surface area contributed by atoms with Crippen LogP contribution in [0, 0.1) is 5.82 Å². The van der Waals surface area contributed by atoms with Crippen LogP contribution in [-0.4, -0.2) is 38.1 Å². The van der Waals surface area contributed by atoms with Gasteiger partial charge < -0.3 is 20.3 Å². The zero-order valence-electron chi connectivity index (χ0n) is 17.5. The number of hydrogen-bond acceptors (Lipinski definition) is 4. The summed E-state index contributed by atoms with van der Waals surface area (Å²) < 4.78 is 20.1. The van der Waals surface area contributed by atoms with Crippen molar-refractivity contribution in [3.05, 3.63) is 95.8 Å². The molecule has 1 fully saturated rings. The zero-order chi connectivity index (χ0) is 22.3. The van der Waals surface area contributed by atoms with Crippen molar-refractivity contribution in [3.8, 4) is 0 Å². The minimum absolute atomic E-state index is 0.319. The molecule has 1 heterocycles. The highest BCUT2D eigenvalue weighted by molar-refractivity contribution is 6.01. The topological polar surface area (TPSA) is 70.7 Å². The Kier molecular flexibility index (Phi) is 6.77. The lowest BCUT2D eigenvalue weighted by atomic mass is 10.0. The molecule has 0 spiro atoms. The maximum Gasteiger partial charge on any atom is 0.252 e. The van der Waals surface area contributed by atoms with E-state index in [4.69, 9.17) is 4.74 Å². The molecule has 0 aliphatic carbocycles. The first-order valence-electron chi connectivity index (χ1n) is 10.5. The SMILES string of the molecule is O=C(NC(C(=O)Nc1ccc(N2CCOCC2)c(F)c1)c1ccccc1)c1ccccc1. The van der Waals surface area contributed by atoms with Crippen molar-refractivity contribution >= 4 is 23.2 Å². The van der Waals surface area contributed by atoms with Gasteiger partial charge in [0.2, 0.25) is 0 Å². The maximum atomic E-state index is 14.7. The summed E-state index contributed by atoms with van der Waals surface area (Å²) in [6, 6.07) is 21.3. The van der Waals surface area contributed by atoms with Gasteiger partial charge >= 0.3 is 0 Å². The van der Waals surface area contributed by atoms with Gasteiger partial charge in [-0.05, 0) is 35.9 Å². The van der Waals surface area contributed by atoms with Gasteiger partial charge in [0.15, 0.2) is 0 Å². The van der Waals surface area contributed by atoms with Crippen molar-refractivity contribution in [1.82, 2.24) is 5.32 Å². The zero-order valence-corrected chi connectivity index (χ0v) is 17.5. The van der Waals surface area contributed by atoms with Crippen LogP contribution >= 0.6 is 0 Å². The second-order valence-corrected chi connectivity index (χ2v) is 7.44. The van der Waals surface area contributed by atoms with E-state index in [1.165, 1.54) is 6.07 Å². The van der Waals surface area contributed by atoms with Crippen LogP contribution in [0.3, 0.4) is 0 Å². The number of carbonyl (C=O) groups excluding carboxylic acids is 2. The van der Waals surface area contributed by atoms with Gasteiger partial charge in [-0.25, -0.2) is 4.39 Å². The lowest BCUT2D eigenvalue weighted by molar-refractivity contribution is -0.118. The Hall–Kier alpha value is -3.71. The lowest BCUT2D eigenvalue weighted by Gasteiger charge is -2.29. The Morgan fingerprint density at radius 2 is 1.56 bits per heavy atom. The number of benzene rings is 3. The Balaban J connectivity index is 1.52. The highest BCUT2D eigenvalue weighted by Crippen LogP contribution is 2.25. The highest BCUT2D eigenvalue weighted by atomic mass is 19.1. The fourth-order valence-electron chi connectivity index (χ4n) is 3.61. The van der Waals surface area contributed by atoms with Gasteiger partial charge in [0, 0.05) is 24.3 Å². The number of morpholine rings is 1. The molecule has 0 bridgehead atoms. The summed E-state index contributed by atoms with van der Waals surface area (Å²) in [6.07, 6.45) is 0. The molecular weight excluding hydrogens is 409 g/mol. The van der Waals surface area contributed by atoms with Crippen LogP contribution in [0.15, 0.2) is 78.9 Å². The number of amides is 2. The van der Waals surface area contributed by atoms with Crippen LogP contribution in [0.1, 0.15) is 22.0 Å². The summed E-state index contributed by atoms with van der Waals surface area (Å²) in [5.74, 6) is -1.25. The Morgan fingerprint density at radius 3 is 2.22 bits per heavy atom. The largest absolute Gasteiger partial charge is 0.378 e. The second kappa shape index (κ2) is 10.1. The molecule has 1 saturated heterocycles. The Morgan fingerprint density at radius 1 is 0.906 bits per heavy atom. The predicted molar refractivity (Wildman–Crippen MR) is 121 cm³/mol. The first-order valence-corrected chi connectivity index (χ1v) is 10.5. The first-order chi connectivity index (χ1) is 15.6. The molecule has 3 aromatic rings. The van der Waals surface area contributed by atoms with E-state index in [2.05, 4.69) is 10.6 Å². The van der Waals surface area contributed by atoms with Crippen molar-refractivity contribution in [2.45, 2.75) is 6.04 Å². The maximum absolute atomic E-state index is 14.7. The Labute approximate surface area is 186 Å². The lowest BCUT2D eigenvalue weighted by Crippen LogP contribution is -2.37. The minimum Gasteiger partial charge on any atom is -0.378 e. The van der Waals surface area contributed by atoms with Gasteiger partial charge in [-0.15, -0.1) is 0 Å². The molecular formula is C25H24FN3O3. The summed E-state index contributed by atoms with van der Waals surface area (Å²) >= 11 is 0. The molecule has 0 radical (unpaired) electrons. The highest BCUT2D eigenvalue weighted by Gasteiger charge is 2.24. The van der Waals surface area contributed by atoms with Crippen LogP contribution in [0.2, 0.25) is 0 Å². The molecule has 3 aromatic carbocycles. The molecule has 0 saturated carbocycles. The number of halogens is 1. The van der Waals surface area contributed by atoms with Crippen LogP contribution < -0.4 is 15.5 Å². The van der Waals surface area contributed by atoms with E-state index in [1.807, 2.05) is 17.0 Å². The van der Waals surface area contributed by atoms with Gasteiger partial charge in [-0.3, -0.25) is 9.59 Å². The third-order valence-corrected chi connectivity index (χ3v) is 5.27.